The van der Waals surface area contributed by atoms with Crippen molar-refractivity contribution in [3.8, 4) is 0 Å². The summed E-state index contributed by atoms with van der Waals surface area (Å²) in [5.74, 6) is 0.523. The number of hydrogen-bond acceptors (Lipinski definition) is 2. The molecule has 1 fully saturated rings. The van der Waals surface area contributed by atoms with E-state index in [1.165, 1.54) is 0 Å². The number of rotatable bonds is 4. The van der Waals surface area contributed by atoms with E-state index in [9.17, 15) is 9.90 Å². The van der Waals surface area contributed by atoms with Gasteiger partial charge in [-0.3, -0.25) is 4.79 Å². The topological polar surface area (TPSA) is 49.3 Å². The quantitative estimate of drug-likeness (QED) is 0.857. The number of amides is 1. The molecule has 0 spiro atoms. The molecule has 0 aliphatic heterocycles. The third kappa shape index (κ3) is 2.41. The van der Waals surface area contributed by atoms with E-state index in [0.717, 1.165) is 18.4 Å². The van der Waals surface area contributed by atoms with E-state index in [-0.39, 0.29) is 18.6 Å². The van der Waals surface area contributed by atoms with Crippen molar-refractivity contribution in [2.45, 2.75) is 32.7 Å². The van der Waals surface area contributed by atoms with Gasteiger partial charge in [-0.1, -0.05) is 37.3 Å². The Kier molecular flexibility index (Phi) is 3.71. The molecule has 2 rings (SSSR count). The molecular formula is C15H21NO2. The lowest BCUT2D eigenvalue weighted by molar-refractivity contribution is -0.143. The molecule has 98 valence electrons. The molecule has 3 heteroatoms. The molecule has 1 atom stereocenters. The summed E-state index contributed by atoms with van der Waals surface area (Å²) < 4.78 is 0. The molecule has 3 nitrogen and oxygen atoms in total. The molecule has 0 radical (unpaired) electrons. The SMILES string of the molecule is CC1CC(CO)(C(=O)NC(C)c2ccccc2)C1. The maximum Gasteiger partial charge on any atom is 0.229 e. The first kappa shape index (κ1) is 13.1. The zero-order valence-corrected chi connectivity index (χ0v) is 11.0. The van der Waals surface area contributed by atoms with Crippen molar-refractivity contribution < 1.29 is 9.90 Å². The fraction of sp³-hybridized carbons (Fsp3) is 0.533. The van der Waals surface area contributed by atoms with E-state index in [1.54, 1.807) is 0 Å². The normalized spacial score (nSPS) is 28.3. The average molecular weight is 247 g/mol. The average Bonchev–Trinajstić information content (AvgIpc) is 2.35. The Morgan fingerprint density at radius 1 is 1.44 bits per heavy atom. The molecule has 1 aromatic rings. The van der Waals surface area contributed by atoms with Crippen molar-refractivity contribution in [2.24, 2.45) is 11.3 Å². The molecule has 0 aromatic heterocycles. The van der Waals surface area contributed by atoms with Gasteiger partial charge in [0.2, 0.25) is 5.91 Å². The molecular weight excluding hydrogens is 226 g/mol. The number of carbonyl (C=O) groups excluding carboxylic acids is 1. The maximum absolute atomic E-state index is 12.2. The predicted octanol–water partition coefficient (Wildman–Crippen LogP) is 2.27. The Bertz CT molecular complexity index is 410. The van der Waals surface area contributed by atoms with E-state index >= 15 is 0 Å². The zero-order valence-electron chi connectivity index (χ0n) is 11.0. The van der Waals surface area contributed by atoms with Crippen LogP contribution >= 0.6 is 0 Å². The van der Waals surface area contributed by atoms with Crippen molar-refractivity contribution in [2.75, 3.05) is 6.61 Å². The van der Waals surface area contributed by atoms with Crippen molar-refractivity contribution in [3.63, 3.8) is 0 Å². The van der Waals surface area contributed by atoms with Crippen LogP contribution in [0.4, 0.5) is 0 Å². The van der Waals surface area contributed by atoms with Gasteiger partial charge in [0.15, 0.2) is 0 Å². The van der Waals surface area contributed by atoms with Gasteiger partial charge in [-0.25, -0.2) is 0 Å². The molecule has 0 heterocycles. The Morgan fingerprint density at radius 3 is 2.56 bits per heavy atom. The summed E-state index contributed by atoms with van der Waals surface area (Å²) in [6.07, 6.45) is 1.58. The Balaban J connectivity index is 1.99. The third-order valence-electron chi connectivity index (χ3n) is 3.91. The van der Waals surface area contributed by atoms with Gasteiger partial charge in [0.05, 0.1) is 18.1 Å². The lowest BCUT2D eigenvalue weighted by Crippen LogP contribution is -2.51. The molecule has 1 saturated carbocycles. The highest BCUT2D eigenvalue weighted by Crippen LogP contribution is 2.45. The fourth-order valence-electron chi connectivity index (χ4n) is 2.84. The Morgan fingerprint density at radius 2 is 2.06 bits per heavy atom. The third-order valence-corrected chi connectivity index (χ3v) is 3.91. The molecule has 1 aliphatic carbocycles. The summed E-state index contributed by atoms with van der Waals surface area (Å²) in [6, 6.07) is 9.87. The minimum Gasteiger partial charge on any atom is -0.395 e. The molecule has 0 bridgehead atoms. The molecule has 0 saturated heterocycles. The van der Waals surface area contributed by atoms with Crippen LogP contribution in [0.15, 0.2) is 30.3 Å². The molecule has 1 aromatic carbocycles. The van der Waals surface area contributed by atoms with Crippen molar-refractivity contribution in [3.05, 3.63) is 35.9 Å². The molecule has 2 N–H and O–H groups in total. The van der Waals surface area contributed by atoms with Crippen molar-refractivity contribution in [1.29, 1.82) is 0 Å². The highest BCUT2D eigenvalue weighted by atomic mass is 16.3. The highest BCUT2D eigenvalue weighted by Gasteiger charge is 2.48. The Hall–Kier alpha value is -1.35. The number of hydrogen-bond donors (Lipinski definition) is 2. The van der Waals surface area contributed by atoms with Gasteiger partial charge in [0, 0.05) is 0 Å². The second-order valence-corrected chi connectivity index (χ2v) is 5.56. The smallest absolute Gasteiger partial charge is 0.229 e. The van der Waals surface area contributed by atoms with E-state index in [4.69, 9.17) is 0 Å². The summed E-state index contributed by atoms with van der Waals surface area (Å²) in [6.45, 7) is 4.03. The van der Waals surface area contributed by atoms with Crippen LogP contribution in [0.1, 0.15) is 38.3 Å². The van der Waals surface area contributed by atoms with Gasteiger partial charge in [0.25, 0.3) is 0 Å². The molecule has 1 unspecified atom stereocenters. The van der Waals surface area contributed by atoms with E-state index in [0.29, 0.717) is 5.92 Å². The molecule has 1 amide bonds. The van der Waals surface area contributed by atoms with Crippen LogP contribution in [0.5, 0.6) is 0 Å². The Labute approximate surface area is 108 Å². The molecule has 1 aliphatic rings. The summed E-state index contributed by atoms with van der Waals surface area (Å²) in [4.78, 5) is 12.2. The van der Waals surface area contributed by atoms with Crippen LogP contribution in [0.2, 0.25) is 0 Å². The summed E-state index contributed by atoms with van der Waals surface area (Å²) in [5.41, 5.74) is 0.550. The van der Waals surface area contributed by atoms with Crippen molar-refractivity contribution in [1.82, 2.24) is 5.32 Å². The summed E-state index contributed by atoms with van der Waals surface area (Å²) in [5, 5.41) is 12.5. The van der Waals surface area contributed by atoms with Gasteiger partial charge in [-0.05, 0) is 31.2 Å². The predicted molar refractivity (Wildman–Crippen MR) is 70.9 cm³/mol. The number of benzene rings is 1. The van der Waals surface area contributed by atoms with Crippen molar-refractivity contribution >= 4 is 5.91 Å². The van der Waals surface area contributed by atoms with Gasteiger partial charge in [-0.2, -0.15) is 0 Å². The first-order valence-corrected chi connectivity index (χ1v) is 6.54. The number of nitrogens with one attached hydrogen (secondary N) is 1. The minimum absolute atomic E-state index is 0.0144. The second-order valence-electron chi connectivity index (χ2n) is 5.56. The number of aliphatic hydroxyl groups is 1. The van der Waals surface area contributed by atoms with Crippen LogP contribution in [0.3, 0.4) is 0 Å². The minimum atomic E-state index is -0.539. The first-order chi connectivity index (χ1) is 8.57. The standard InChI is InChI=1S/C15H21NO2/c1-11-8-15(9-11,10-17)14(18)16-12(2)13-6-4-3-5-7-13/h3-7,11-12,17H,8-10H2,1-2H3,(H,16,18). The van der Waals surface area contributed by atoms with Gasteiger partial charge in [0.1, 0.15) is 0 Å². The highest BCUT2D eigenvalue weighted by molar-refractivity contribution is 5.84. The van der Waals surface area contributed by atoms with E-state index in [1.807, 2.05) is 37.3 Å². The van der Waals surface area contributed by atoms with E-state index < -0.39 is 5.41 Å². The van der Waals surface area contributed by atoms with Crippen LogP contribution in [0.25, 0.3) is 0 Å². The zero-order chi connectivity index (χ0) is 13.2. The number of carbonyl (C=O) groups is 1. The van der Waals surface area contributed by atoms with Crippen LogP contribution in [-0.2, 0) is 4.79 Å². The fourth-order valence-corrected chi connectivity index (χ4v) is 2.84. The summed E-state index contributed by atoms with van der Waals surface area (Å²) in [7, 11) is 0. The maximum atomic E-state index is 12.2. The summed E-state index contributed by atoms with van der Waals surface area (Å²) >= 11 is 0. The molecule has 18 heavy (non-hydrogen) atoms. The van der Waals surface area contributed by atoms with E-state index in [2.05, 4.69) is 12.2 Å². The second kappa shape index (κ2) is 5.11. The van der Waals surface area contributed by atoms with Gasteiger partial charge >= 0.3 is 0 Å². The number of aliphatic hydroxyl groups excluding tert-OH is 1. The van der Waals surface area contributed by atoms with Crippen LogP contribution in [0, 0.1) is 11.3 Å². The monoisotopic (exact) mass is 247 g/mol. The van der Waals surface area contributed by atoms with Crippen LogP contribution < -0.4 is 5.32 Å². The van der Waals surface area contributed by atoms with Gasteiger partial charge in [-0.15, -0.1) is 0 Å². The lowest BCUT2D eigenvalue weighted by atomic mass is 9.62. The largest absolute Gasteiger partial charge is 0.395 e. The lowest BCUT2D eigenvalue weighted by Gasteiger charge is -2.44. The first-order valence-electron chi connectivity index (χ1n) is 6.54. The van der Waals surface area contributed by atoms with Crippen LogP contribution in [-0.4, -0.2) is 17.6 Å². The van der Waals surface area contributed by atoms with Gasteiger partial charge < -0.3 is 10.4 Å².